The molecule has 1 saturated heterocycles. The highest BCUT2D eigenvalue weighted by molar-refractivity contribution is 7.16. The Kier molecular flexibility index (Phi) is 7.30. The maximum Gasteiger partial charge on any atom is 0.224 e. The minimum absolute atomic E-state index is 0.0127. The molecule has 6 nitrogen and oxygen atoms in total. The van der Waals surface area contributed by atoms with Gasteiger partial charge in [0.2, 0.25) is 5.91 Å². The quantitative estimate of drug-likeness (QED) is 0.383. The van der Waals surface area contributed by atoms with Crippen molar-refractivity contribution in [3.63, 3.8) is 0 Å². The molecule has 5 rings (SSSR count). The van der Waals surface area contributed by atoms with Crippen LogP contribution in [0, 0.1) is 11.7 Å². The molecule has 180 valence electrons. The van der Waals surface area contributed by atoms with Crippen molar-refractivity contribution in [1.29, 1.82) is 0 Å². The molecule has 2 aromatic heterocycles. The van der Waals surface area contributed by atoms with E-state index in [0.717, 1.165) is 59.7 Å². The zero-order chi connectivity index (χ0) is 24.0. The molecule has 0 bridgehead atoms. The summed E-state index contributed by atoms with van der Waals surface area (Å²) in [6, 6.07) is 17.4. The maximum absolute atomic E-state index is 13.5. The number of ether oxygens (including phenoxy) is 1. The van der Waals surface area contributed by atoms with Crippen molar-refractivity contribution in [1.82, 2.24) is 20.2 Å². The summed E-state index contributed by atoms with van der Waals surface area (Å²) in [5.74, 6) is 0.504. The normalized spacial score (nSPS) is 15.7. The molecule has 1 aliphatic heterocycles. The van der Waals surface area contributed by atoms with Gasteiger partial charge in [0.25, 0.3) is 0 Å². The lowest BCUT2D eigenvalue weighted by Gasteiger charge is -2.32. The Balaban J connectivity index is 1.13. The zero-order valence-corrected chi connectivity index (χ0v) is 20.1. The van der Waals surface area contributed by atoms with Gasteiger partial charge >= 0.3 is 0 Å². The average molecular weight is 491 g/mol. The number of piperidine rings is 1. The number of rotatable bonds is 8. The first-order valence-electron chi connectivity index (χ1n) is 11.8. The Morgan fingerprint density at radius 2 is 1.94 bits per heavy atom. The van der Waals surface area contributed by atoms with Crippen LogP contribution in [0.2, 0.25) is 0 Å². The summed E-state index contributed by atoms with van der Waals surface area (Å²) in [6.45, 7) is 3.12. The minimum Gasteiger partial charge on any atom is -0.492 e. The lowest BCUT2D eigenvalue weighted by molar-refractivity contribution is -0.127. The van der Waals surface area contributed by atoms with Crippen molar-refractivity contribution in [3.05, 3.63) is 89.4 Å². The highest BCUT2D eigenvalue weighted by atomic mass is 32.1. The van der Waals surface area contributed by atoms with Crippen LogP contribution < -0.4 is 10.1 Å². The smallest absolute Gasteiger partial charge is 0.224 e. The van der Waals surface area contributed by atoms with Crippen molar-refractivity contribution in [2.75, 3.05) is 26.2 Å². The van der Waals surface area contributed by atoms with E-state index in [1.54, 1.807) is 29.7 Å². The molecule has 1 N–H and O–H groups in total. The summed E-state index contributed by atoms with van der Waals surface area (Å²) in [4.78, 5) is 24.2. The molecule has 2 aromatic carbocycles. The number of halogens is 1. The number of thiazole rings is 1. The number of nitrogens with one attached hydrogen (secondary N) is 1. The highest BCUT2D eigenvalue weighted by Crippen LogP contribution is 2.25. The molecule has 0 aliphatic carbocycles. The molecule has 3 heterocycles. The van der Waals surface area contributed by atoms with Crippen LogP contribution in [0.5, 0.6) is 5.75 Å². The number of carbonyl (C=O) groups is 1. The Morgan fingerprint density at radius 3 is 2.71 bits per heavy atom. The van der Waals surface area contributed by atoms with Crippen LogP contribution in [0.15, 0.2) is 72.4 Å². The number of hydrogen-bond acceptors (Lipinski definition) is 6. The van der Waals surface area contributed by atoms with Gasteiger partial charge in [-0.05, 0) is 74.0 Å². The van der Waals surface area contributed by atoms with Crippen molar-refractivity contribution in [2.24, 2.45) is 5.92 Å². The van der Waals surface area contributed by atoms with Crippen molar-refractivity contribution < 1.29 is 13.9 Å². The molecule has 1 fully saturated rings. The lowest BCUT2D eigenvalue weighted by atomic mass is 9.94. The first-order chi connectivity index (χ1) is 17.2. The zero-order valence-electron chi connectivity index (χ0n) is 19.3. The lowest BCUT2D eigenvalue weighted by Crippen LogP contribution is -2.42. The van der Waals surface area contributed by atoms with Crippen LogP contribution in [0.3, 0.4) is 0 Å². The molecule has 0 spiro atoms. The van der Waals surface area contributed by atoms with Gasteiger partial charge in [-0.2, -0.15) is 0 Å². The molecule has 1 atom stereocenters. The molecule has 0 saturated carbocycles. The van der Waals surface area contributed by atoms with E-state index >= 15 is 0 Å². The fourth-order valence-electron chi connectivity index (χ4n) is 4.43. The number of benzene rings is 2. The molecule has 1 aliphatic rings. The number of aromatic nitrogens is 2. The second-order valence-corrected chi connectivity index (χ2v) is 9.58. The predicted molar refractivity (Wildman–Crippen MR) is 135 cm³/mol. The average Bonchev–Trinajstić information content (AvgIpc) is 3.37. The third kappa shape index (κ3) is 5.83. The van der Waals surface area contributed by atoms with Crippen molar-refractivity contribution >= 4 is 27.5 Å². The number of nitrogens with zero attached hydrogens (tertiary/aromatic N) is 3. The Morgan fingerprint density at radius 1 is 1.11 bits per heavy atom. The second-order valence-electron chi connectivity index (χ2n) is 8.69. The summed E-state index contributed by atoms with van der Waals surface area (Å²) in [7, 11) is 0. The van der Waals surface area contributed by atoms with Gasteiger partial charge in [0.15, 0.2) is 0 Å². The number of amides is 1. The largest absolute Gasteiger partial charge is 0.492 e. The van der Waals surface area contributed by atoms with Gasteiger partial charge in [0, 0.05) is 18.7 Å². The van der Waals surface area contributed by atoms with E-state index in [1.807, 2.05) is 41.9 Å². The van der Waals surface area contributed by atoms with Gasteiger partial charge in [-0.1, -0.05) is 18.2 Å². The van der Waals surface area contributed by atoms with E-state index in [0.29, 0.717) is 6.61 Å². The summed E-state index contributed by atoms with van der Waals surface area (Å²) in [6.07, 6.45) is 3.28. The van der Waals surface area contributed by atoms with E-state index in [2.05, 4.69) is 20.2 Å². The van der Waals surface area contributed by atoms with E-state index in [1.165, 1.54) is 12.1 Å². The minimum atomic E-state index is -0.411. The van der Waals surface area contributed by atoms with Gasteiger partial charge < -0.3 is 10.1 Å². The number of hydrogen-bond donors (Lipinski definition) is 1. The summed E-state index contributed by atoms with van der Waals surface area (Å²) < 4.78 is 20.5. The maximum atomic E-state index is 13.5. The van der Waals surface area contributed by atoms with Crippen LogP contribution in [0.1, 0.15) is 30.1 Å². The molecular weight excluding hydrogens is 463 g/mol. The first-order valence-corrected chi connectivity index (χ1v) is 12.7. The Hall–Kier alpha value is -3.36. The van der Waals surface area contributed by atoms with Gasteiger partial charge in [-0.15, -0.1) is 11.3 Å². The molecule has 4 aromatic rings. The fraction of sp³-hybridized carbons (Fsp3) is 0.296. The predicted octanol–water partition coefficient (Wildman–Crippen LogP) is 4.83. The SMILES string of the molecule is O=C(NC(c1ccc(F)cc1)c1ccccn1)C1CCN(CCOc2ccc3ncsc3c2)CC1. The van der Waals surface area contributed by atoms with Crippen LogP contribution in [-0.4, -0.2) is 47.0 Å². The van der Waals surface area contributed by atoms with Gasteiger partial charge in [0.1, 0.15) is 18.2 Å². The van der Waals surface area contributed by atoms with E-state index in [9.17, 15) is 9.18 Å². The monoisotopic (exact) mass is 490 g/mol. The molecule has 0 radical (unpaired) electrons. The third-order valence-corrected chi connectivity index (χ3v) is 7.20. The summed E-state index contributed by atoms with van der Waals surface area (Å²) >= 11 is 1.61. The van der Waals surface area contributed by atoms with Gasteiger partial charge in [-0.25, -0.2) is 9.37 Å². The van der Waals surface area contributed by atoms with Crippen LogP contribution in [-0.2, 0) is 4.79 Å². The van der Waals surface area contributed by atoms with E-state index in [4.69, 9.17) is 4.74 Å². The molecular formula is C27H27FN4O2S. The summed E-state index contributed by atoms with van der Waals surface area (Å²) in [5.41, 5.74) is 4.38. The number of likely N-dealkylation sites (tertiary alicyclic amines) is 1. The molecule has 35 heavy (non-hydrogen) atoms. The number of fused-ring (bicyclic) bond motifs is 1. The number of carbonyl (C=O) groups excluding carboxylic acids is 1. The highest BCUT2D eigenvalue weighted by Gasteiger charge is 2.27. The van der Waals surface area contributed by atoms with E-state index in [-0.39, 0.29) is 17.6 Å². The fourth-order valence-corrected chi connectivity index (χ4v) is 5.13. The van der Waals surface area contributed by atoms with Crippen molar-refractivity contribution in [2.45, 2.75) is 18.9 Å². The van der Waals surface area contributed by atoms with Gasteiger partial charge in [0.05, 0.1) is 27.5 Å². The molecule has 1 unspecified atom stereocenters. The summed E-state index contributed by atoms with van der Waals surface area (Å²) in [5, 5.41) is 3.16. The topological polar surface area (TPSA) is 67.4 Å². The molecule has 1 amide bonds. The van der Waals surface area contributed by atoms with E-state index < -0.39 is 6.04 Å². The van der Waals surface area contributed by atoms with Crippen LogP contribution in [0.4, 0.5) is 4.39 Å². The Labute approximate surface area is 207 Å². The van der Waals surface area contributed by atoms with Crippen LogP contribution >= 0.6 is 11.3 Å². The Bertz CT molecular complexity index is 1260. The molecule has 8 heteroatoms. The van der Waals surface area contributed by atoms with Crippen LogP contribution in [0.25, 0.3) is 10.2 Å². The first kappa shape index (κ1) is 23.4. The second kappa shape index (κ2) is 10.9. The standard InChI is InChI=1S/C27H27FN4O2S/c28-21-6-4-19(5-7-21)26(24-3-1-2-12-29-24)31-27(33)20-10-13-32(14-11-20)15-16-34-22-8-9-23-25(17-22)35-18-30-23/h1-9,12,17-18,20,26H,10-11,13-16H2,(H,31,33). The van der Waals surface area contributed by atoms with Gasteiger partial charge in [-0.3, -0.25) is 14.7 Å². The third-order valence-electron chi connectivity index (χ3n) is 6.41. The van der Waals surface area contributed by atoms with Crippen molar-refractivity contribution in [3.8, 4) is 5.75 Å². The number of pyridine rings is 1.